The molecule has 0 bridgehead atoms. The second kappa shape index (κ2) is 6.75. The number of aromatic nitrogens is 3. The summed E-state index contributed by atoms with van der Waals surface area (Å²) >= 11 is 5.87. The van der Waals surface area contributed by atoms with Crippen molar-refractivity contribution in [1.29, 1.82) is 0 Å². The Kier molecular flexibility index (Phi) is 4.96. The van der Waals surface area contributed by atoms with Crippen LogP contribution in [0.15, 0.2) is 29.2 Å². The molecule has 0 aliphatic heterocycles. The van der Waals surface area contributed by atoms with Gasteiger partial charge in [-0.25, -0.2) is 5.43 Å². The first kappa shape index (κ1) is 16.9. The molecular formula is C12H12ClN5O4S. The molecule has 0 unspecified atom stereocenters. The summed E-state index contributed by atoms with van der Waals surface area (Å²) in [5.74, 6) is 0.109. The van der Waals surface area contributed by atoms with Crippen molar-refractivity contribution in [3.63, 3.8) is 0 Å². The van der Waals surface area contributed by atoms with Gasteiger partial charge < -0.3 is 4.74 Å². The number of carbonyl (C=O) groups is 1. The Morgan fingerprint density at radius 2 is 1.96 bits per heavy atom. The Bertz CT molecular complexity index is 830. The molecule has 9 nitrogen and oxygen atoms in total. The molecule has 0 aliphatic carbocycles. The number of carbonyl (C=O) groups excluding carboxylic acids is 1. The van der Waals surface area contributed by atoms with E-state index in [-0.39, 0.29) is 34.1 Å². The van der Waals surface area contributed by atoms with Gasteiger partial charge in [-0.15, -0.1) is 4.41 Å². The zero-order chi connectivity index (χ0) is 17.0. The van der Waals surface area contributed by atoms with Crippen molar-refractivity contribution in [2.75, 3.05) is 12.5 Å². The fraction of sp³-hybridized carbons (Fsp3) is 0.167. The van der Waals surface area contributed by atoms with Gasteiger partial charge in [-0.2, -0.15) is 23.4 Å². The number of hydrazine groups is 1. The highest BCUT2D eigenvalue weighted by atomic mass is 35.5. The summed E-state index contributed by atoms with van der Waals surface area (Å²) in [6.07, 6.45) is 0.0737. The van der Waals surface area contributed by atoms with Gasteiger partial charge in [0.25, 0.3) is 10.0 Å². The highest BCUT2D eigenvalue weighted by Gasteiger charge is 2.26. The lowest BCUT2D eigenvalue weighted by molar-refractivity contribution is -0.113. The van der Waals surface area contributed by atoms with Crippen LogP contribution in [0.25, 0.3) is 0 Å². The fourth-order valence-corrected chi connectivity index (χ4v) is 3.12. The SMILES string of the molecule is COc1nc(C)nc(NN(C=O)S(=O)(=O)c2ccccc2Cl)n1. The number of nitrogens with zero attached hydrogens (tertiary/aromatic N) is 4. The topological polar surface area (TPSA) is 114 Å². The Morgan fingerprint density at radius 3 is 2.57 bits per heavy atom. The number of aryl methyl sites for hydroxylation is 1. The lowest BCUT2D eigenvalue weighted by Crippen LogP contribution is -2.36. The standard InChI is InChI=1S/C12H12ClN5O4S/c1-8-14-11(16-12(15-8)22-2)17-18(7-19)23(20,21)10-6-4-3-5-9(10)13/h3-7H,1-2H3,(H,14,15,16,17). The minimum atomic E-state index is -4.23. The van der Waals surface area contributed by atoms with Crippen molar-refractivity contribution in [1.82, 2.24) is 19.4 Å². The van der Waals surface area contributed by atoms with Gasteiger partial charge in [0.05, 0.1) is 12.1 Å². The first-order valence-corrected chi connectivity index (χ1v) is 7.98. The molecule has 0 fully saturated rings. The van der Waals surface area contributed by atoms with Crippen LogP contribution in [0.5, 0.6) is 6.01 Å². The van der Waals surface area contributed by atoms with Gasteiger partial charge in [0, 0.05) is 0 Å². The maximum absolute atomic E-state index is 12.5. The van der Waals surface area contributed by atoms with Gasteiger partial charge >= 0.3 is 6.01 Å². The molecule has 23 heavy (non-hydrogen) atoms. The minimum Gasteiger partial charge on any atom is -0.467 e. The zero-order valence-corrected chi connectivity index (χ0v) is 13.7. The molecule has 0 aliphatic rings. The molecule has 0 radical (unpaired) electrons. The molecule has 0 saturated heterocycles. The Hall–Kier alpha value is -2.46. The van der Waals surface area contributed by atoms with E-state index in [1.807, 2.05) is 0 Å². The molecular weight excluding hydrogens is 346 g/mol. The number of hydrogen-bond donors (Lipinski definition) is 1. The summed E-state index contributed by atoms with van der Waals surface area (Å²) in [5.41, 5.74) is 2.29. The first-order valence-electron chi connectivity index (χ1n) is 6.16. The number of nitrogens with one attached hydrogen (secondary N) is 1. The van der Waals surface area contributed by atoms with Crippen LogP contribution in [0.1, 0.15) is 5.82 Å². The van der Waals surface area contributed by atoms with E-state index in [1.165, 1.54) is 25.3 Å². The highest BCUT2D eigenvalue weighted by molar-refractivity contribution is 7.89. The van der Waals surface area contributed by atoms with E-state index in [9.17, 15) is 13.2 Å². The third kappa shape index (κ3) is 3.66. The summed E-state index contributed by atoms with van der Waals surface area (Å²) in [5, 5.41) is -0.0226. The van der Waals surface area contributed by atoms with Crippen molar-refractivity contribution in [2.45, 2.75) is 11.8 Å². The molecule has 1 amide bonds. The number of amides is 1. The third-order valence-corrected chi connectivity index (χ3v) is 4.64. The fourth-order valence-electron chi connectivity index (χ4n) is 1.60. The number of rotatable bonds is 6. The average molecular weight is 358 g/mol. The predicted octanol–water partition coefficient (Wildman–Crippen LogP) is 1.02. The van der Waals surface area contributed by atoms with Crippen LogP contribution in [0, 0.1) is 6.92 Å². The van der Waals surface area contributed by atoms with E-state index < -0.39 is 10.0 Å². The molecule has 0 saturated carbocycles. The van der Waals surface area contributed by atoms with Crippen molar-refractivity contribution in [3.05, 3.63) is 35.1 Å². The highest BCUT2D eigenvalue weighted by Crippen LogP contribution is 2.23. The molecule has 1 heterocycles. The summed E-state index contributed by atoms with van der Waals surface area (Å²) in [7, 11) is -2.89. The molecule has 122 valence electrons. The first-order chi connectivity index (χ1) is 10.9. The maximum Gasteiger partial charge on any atom is 0.321 e. The van der Waals surface area contributed by atoms with Crippen molar-refractivity contribution in [2.24, 2.45) is 0 Å². The van der Waals surface area contributed by atoms with Gasteiger partial charge in [0.15, 0.2) is 0 Å². The molecule has 2 rings (SSSR count). The number of benzene rings is 1. The van der Waals surface area contributed by atoms with E-state index >= 15 is 0 Å². The maximum atomic E-state index is 12.5. The van der Waals surface area contributed by atoms with Crippen LogP contribution in [0.3, 0.4) is 0 Å². The van der Waals surface area contributed by atoms with Crippen LogP contribution >= 0.6 is 11.6 Å². The summed E-state index contributed by atoms with van der Waals surface area (Å²) in [4.78, 5) is 22.5. The van der Waals surface area contributed by atoms with Crippen LogP contribution < -0.4 is 10.2 Å². The van der Waals surface area contributed by atoms with Crippen LogP contribution in [-0.4, -0.2) is 41.3 Å². The largest absolute Gasteiger partial charge is 0.467 e. The van der Waals surface area contributed by atoms with E-state index in [4.69, 9.17) is 16.3 Å². The number of sulfonamides is 1. The van der Waals surface area contributed by atoms with Crippen LogP contribution in [0.4, 0.5) is 5.95 Å². The van der Waals surface area contributed by atoms with Gasteiger partial charge in [-0.1, -0.05) is 23.7 Å². The normalized spacial score (nSPS) is 10.9. The predicted molar refractivity (Wildman–Crippen MR) is 81.3 cm³/mol. The van der Waals surface area contributed by atoms with Crippen LogP contribution in [0.2, 0.25) is 5.02 Å². The summed E-state index contributed by atoms with van der Waals surface area (Å²) in [6, 6.07) is 5.70. The number of anilines is 1. The number of halogens is 1. The van der Waals surface area contributed by atoms with Gasteiger partial charge in [0.2, 0.25) is 12.4 Å². The van der Waals surface area contributed by atoms with Crippen molar-refractivity contribution < 1.29 is 17.9 Å². The monoisotopic (exact) mass is 357 g/mol. The second-order valence-corrected chi connectivity index (χ2v) is 6.33. The number of methoxy groups -OCH3 is 1. The van der Waals surface area contributed by atoms with Gasteiger partial charge in [0.1, 0.15) is 10.7 Å². The Morgan fingerprint density at radius 1 is 1.26 bits per heavy atom. The number of ether oxygens (including phenoxy) is 1. The molecule has 11 heteroatoms. The zero-order valence-electron chi connectivity index (χ0n) is 12.1. The molecule has 0 atom stereocenters. The second-order valence-electron chi connectivity index (χ2n) is 4.14. The summed E-state index contributed by atoms with van der Waals surface area (Å²) in [6.45, 7) is 1.56. The van der Waals surface area contributed by atoms with E-state index in [1.54, 1.807) is 13.0 Å². The average Bonchev–Trinajstić information content (AvgIpc) is 2.52. The van der Waals surface area contributed by atoms with Crippen molar-refractivity contribution in [3.8, 4) is 6.01 Å². The number of hydrogen-bond acceptors (Lipinski definition) is 8. The molecule has 1 aromatic heterocycles. The van der Waals surface area contributed by atoms with E-state index in [0.717, 1.165) is 0 Å². The van der Waals surface area contributed by atoms with Gasteiger partial charge in [-0.3, -0.25) is 4.79 Å². The third-order valence-electron chi connectivity index (χ3n) is 2.59. The summed E-state index contributed by atoms with van der Waals surface area (Å²) < 4.78 is 30.1. The van der Waals surface area contributed by atoms with Gasteiger partial charge in [-0.05, 0) is 19.1 Å². The van der Waals surface area contributed by atoms with E-state index in [2.05, 4.69) is 20.4 Å². The minimum absolute atomic E-state index is 0.0226. The Labute approximate surface area is 137 Å². The lowest BCUT2D eigenvalue weighted by Gasteiger charge is -2.19. The molecule has 0 spiro atoms. The van der Waals surface area contributed by atoms with Crippen LogP contribution in [-0.2, 0) is 14.8 Å². The molecule has 1 N–H and O–H groups in total. The molecule has 1 aromatic carbocycles. The van der Waals surface area contributed by atoms with Crippen molar-refractivity contribution >= 4 is 34.0 Å². The Balaban J connectivity index is 2.39. The quantitative estimate of drug-likeness (QED) is 0.602. The lowest BCUT2D eigenvalue weighted by atomic mass is 10.4. The smallest absolute Gasteiger partial charge is 0.321 e. The van der Waals surface area contributed by atoms with E-state index in [0.29, 0.717) is 4.41 Å². The molecule has 2 aromatic rings.